The van der Waals surface area contributed by atoms with Gasteiger partial charge in [0, 0.05) is 16.1 Å². The second kappa shape index (κ2) is 6.16. The quantitative estimate of drug-likeness (QED) is 0.852. The van der Waals surface area contributed by atoms with Crippen molar-refractivity contribution in [3.63, 3.8) is 0 Å². The predicted molar refractivity (Wildman–Crippen MR) is 76.8 cm³/mol. The van der Waals surface area contributed by atoms with Crippen molar-refractivity contribution in [2.45, 2.75) is 45.1 Å². The maximum atomic E-state index is 14.0. The van der Waals surface area contributed by atoms with E-state index in [1.165, 1.54) is 25.3 Å². The zero-order valence-corrected chi connectivity index (χ0v) is 12.4. The van der Waals surface area contributed by atoms with E-state index in [2.05, 4.69) is 22.9 Å². The average molecular weight is 314 g/mol. The van der Waals surface area contributed by atoms with Gasteiger partial charge in [-0.15, -0.1) is 0 Å². The predicted octanol–water partition coefficient (Wildman–Crippen LogP) is 4.80. The molecular weight excluding hydrogens is 293 g/mol. The third kappa shape index (κ3) is 2.94. The summed E-state index contributed by atoms with van der Waals surface area (Å²) in [5.74, 6) is 0.897. The van der Waals surface area contributed by atoms with Gasteiger partial charge in [0.2, 0.25) is 0 Å². The zero-order valence-electron chi connectivity index (χ0n) is 10.8. The van der Waals surface area contributed by atoms with E-state index in [0.717, 1.165) is 17.3 Å². The average Bonchev–Trinajstić information content (AvgIpc) is 2.38. The maximum absolute atomic E-state index is 14.0. The first-order valence-electron chi connectivity index (χ1n) is 6.84. The van der Waals surface area contributed by atoms with Crippen LogP contribution < -0.4 is 5.73 Å². The molecule has 0 aromatic heterocycles. The van der Waals surface area contributed by atoms with Crippen LogP contribution in [0.2, 0.25) is 0 Å². The first kappa shape index (κ1) is 14.0. The Morgan fingerprint density at radius 1 is 1.39 bits per heavy atom. The summed E-state index contributed by atoms with van der Waals surface area (Å²) < 4.78 is 14.7. The third-order valence-corrected chi connectivity index (χ3v) is 4.77. The maximum Gasteiger partial charge on any atom is 0.129 e. The molecule has 3 heteroatoms. The third-order valence-electron chi connectivity index (χ3n) is 4.28. The van der Waals surface area contributed by atoms with E-state index < -0.39 is 0 Å². The highest BCUT2D eigenvalue weighted by Crippen LogP contribution is 2.39. The van der Waals surface area contributed by atoms with E-state index in [1.54, 1.807) is 0 Å². The Labute approximate surface area is 117 Å². The number of benzene rings is 1. The van der Waals surface area contributed by atoms with Crippen LogP contribution in [0.1, 0.15) is 50.6 Å². The number of hydrogen-bond acceptors (Lipinski definition) is 1. The molecule has 1 aromatic rings. The lowest BCUT2D eigenvalue weighted by Gasteiger charge is -2.35. The Kier molecular flexibility index (Phi) is 4.79. The SMILES string of the molecule is CCC1CCCCC1C(N)c1ccc(Br)cc1F. The number of nitrogens with two attached hydrogens (primary N) is 1. The van der Waals surface area contributed by atoms with Crippen LogP contribution in [-0.4, -0.2) is 0 Å². The summed E-state index contributed by atoms with van der Waals surface area (Å²) in [6.45, 7) is 2.22. The summed E-state index contributed by atoms with van der Waals surface area (Å²) >= 11 is 3.29. The van der Waals surface area contributed by atoms with Gasteiger partial charge in [-0.25, -0.2) is 4.39 Å². The van der Waals surface area contributed by atoms with Crippen molar-refractivity contribution in [2.75, 3.05) is 0 Å². The number of hydrogen-bond donors (Lipinski definition) is 1. The summed E-state index contributed by atoms with van der Waals surface area (Å²) in [6, 6.07) is 5.05. The van der Waals surface area contributed by atoms with Gasteiger partial charge in [-0.3, -0.25) is 0 Å². The molecule has 0 bridgehead atoms. The van der Waals surface area contributed by atoms with Gasteiger partial charge in [-0.05, 0) is 30.4 Å². The van der Waals surface area contributed by atoms with Crippen molar-refractivity contribution in [1.82, 2.24) is 0 Å². The molecule has 1 fully saturated rings. The minimum absolute atomic E-state index is 0.164. The van der Waals surface area contributed by atoms with Crippen LogP contribution in [0.25, 0.3) is 0 Å². The van der Waals surface area contributed by atoms with E-state index >= 15 is 0 Å². The van der Waals surface area contributed by atoms with E-state index in [-0.39, 0.29) is 11.9 Å². The van der Waals surface area contributed by atoms with Crippen LogP contribution in [0.4, 0.5) is 4.39 Å². The van der Waals surface area contributed by atoms with Gasteiger partial charge in [0.25, 0.3) is 0 Å². The van der Waals surface area contributed by atoms with Gasteiger partial charge in [0.1, 0.15) is 5.82 Å². The van der Waals surface area contributed by atoms with Crippen LogP contribution >= 0.6 is 15.9 Å². The van der Waals surface area contributed by atoms with Crippen molar-refractivity contribution in [3.8, 4) is 0 Å². The molecule has 100 valence electrons. The molecule has 2 rings (SSSR count). The molecule has 18 heavy (non-hydrogen) atoms. The minimum atomic E-state index is -0.183. The Bertz CT molecular complexity index is 407. The minimum Gasteiger partial charge on any atom is -0.324 e. The normalized spacial score (nSPS) is 26.0. The highest BCUT2D eigenvalue weighted by molar-refractivity contribution is 9.10. The van der Waals surface area contributed by atoms with E-state index in [9.17, 15) is 4.39 Å². The molecule has 1 aliphatic rings. The number of halogens is 2. The first-order valence-corrected chi connectivity index (χ1v) is 7.63. The zero-order chi connectivity index (χ0) is 13.1. The van der Waals surface area contributed by atoms with E-state index in [1.807, 2.05) is 12.1 Å². The van der Waals surface area contributed by atoms with Gasteiger partial charge in [0.05, 0.1) is 0 Å². The molecule has 0 aliphatic heterocycles. The van der Waals surface area contributed by atoms with Crippen molar-refractivity contribution in [3.05, 3.63) is 34.1 Å². The molecule has 0 heterocycles. The van der Waals surface area contributed by atoms with Gasteiger partial charge < -0.3 is 5.73 Å². The Morgan fingerprint density at radius 2 is 2.11 bits per heavy atom. The summed E-state index contributed by atoms with van der Waals surface area (Å²) in [4.78, 5) is 0. The molecule has 3 atom stereocenters. The molecular formula is C15H21BrFN. The molecule has 1 aliphatic carbocycles. The van der Waals surface area contributed by atoms with E-state index in [4.69, 9.17) is 5.73 Å². The molecule has 0 amide bonds. The molecule has 1 aromatic carbocycles. The Morgan fingerprint density at radius 3 is 2.78 bits per heavy atom. The fraction of sp³-hybridized carbons (Fsp3) is 0.600. The standard InChI is InChI=1S/C15H21BrFN/c1-2-10-5-3-4-6-12(10)15(18)13-8-7-11(16)9-14(13)17/h7-10,12,15H,2-6,18H2,1H3. The molecule has 0 spiro atoms. The second-order valence-corrected chi connectivity index (χ2v) is 6.22. The molecule has 3 unspecified atom stereocenters. The van der Waals surface area contributed by atoms with Crippen LogP contribution in [0.5, 0.6) is 0 Å². The largest absolute Gasteiger partial charge is 0.324 e. The molecule has 2 N–H and O–H groups in total. The van der Waals surface area contributed by atoms with Crippen LogP contribution in [0, 0.1) is 17.7 Å². The fourth-order valence-electron chi connectivity index (χ4n) is 3.22. The van der Waals surface area contributed by atoms with Gasteiger partial charge in [-0.1, -0.05) is 54.6 Å². The lowest BCUT2D eigenvalue weighted by molar-refractivity contribution is 0.194. The van der Waals surface area contributed by atoms with Crippen molar-refractivity contribution in [1.29, 1.82) is 0 Å². The first-order chi connectivity index (χ1) is 8.63. The second-order valence-electron chi connectivity index (χ2n) is 5.31. The van der Waals surface area contributed by atoms with Gasteiger partial charge >= 0.3 is 0 Å². The van der Waals surface area contributed by atoms with Crippen LogP contribution in [0.15, 0.2) is 22.7 Å². The van der Waals surface area contributed by atoms with Gasteiger partial charge in [-0.2, -0.15) is 0 Å². The molecule has 1 saturated carbocycles. The van der Waals surface area contributed by atoms with Crippen molar-refractivity contribution < 1.29 is 4.39 Å². The van der Waals surface area contributed by atoms with Crippen molar-refractivity contribution >= 4 is 15.9 Å². The van der Waals surface area contributed by atoms with Crippen molar-refractivity contribution in [2.24, 2.45) is 17.6 Å². The van der Waals surface area contributed by atoms with Crippen LogP contribution in [-0.2, 0) is 0 Å². The van der Waals surface area contributed by atoms with Crippen LogP contribution in [0.3, 0.4) is 0 Å². The highest BCUT2D eigenvalue weighted by atomic mass is 79.9. The lowest BCUT2D eigenvalue weighted by Crippen LogP contribution is -2.31. The molecule has 0 radical (unpaired) electrons. The molecule has 1 nitrogen and oxygen atoms in total. The summed E-state index contributed by atoms with van der Waals surface area (Å²) in [5.41, 5.74) is 7.00. The Balaban J connectivity index is 2.20. The fourth-order valence-corrected chi connectivity index (χ4v) is 3.55. The lowest BCUT2D eigenvalue weighted by atomic mass is 9.72. The van der Waals surface area contributed by atoms with E-state index in [0.29, 0.717) is 17.4 Å². The van der Waals surface area contributed by atoms with Gasteiger partial charge in [0.15, 0.2) is 0 Å². The topological polar surface area (TPSA) is 26.0 Å². The summed E-state index contributed by atoms with van der Waals surface area (Å²) in [5, 5.41) is 0. The molecule has 0 saturated heterocycles. The summed E-state index contributed by atoms with van der Waals surface area (Å²) in [6.07, 6.45) is 6.05. The monoisotopic (exact) mass is 313 g/mol. The highest BCUT2D eigenvalue weighted by Gasteiger charge is 2.30. The number of rotatable bonds is 3. The Hall–Kier alpha value is -0.410. The smallest absolute Gasteiger partial charge is 0.129 e. The summed E-state index contributed by atoms with van der Waals surface area (Å²) in [7, 11) is 0.